The van der Waals surface area contributed by atoms with E-state index in [4.69, 9.17) is 0 Å². The van der Waals surface area contributed by atoms with Gasteiger partial charge in [-0.1, -0.05) is 0 Å². The van der Waals surface area contributed by atoms with Crippen molar-refractivity contribution in [2.24, 2.45) is 0 Å². The van der Waals surface area contributed by atoms with Crippen LogP contribution in [-0.2, 0) is 6.18 Å². The highest BCUT2D eigenvalue weighted by atomic mass is 31.0. The molecule has 1 unspecified atom stereocenters. The third-order valence-corrected chi connectivity index (χ3v) is 2.75. The standard InChI is InChI=1S/C10H10F3OP/c1-5-8(6(2)14)3-7(4-9(5)15)10(11,12)13/h3-4H,15H2,1-2H3. The lowest BCUT2D eigenvalue weighted by atomic mass is 10.0. The van der Waals surface area contributed by atoms with E-state index >= 15 is 0 Å². The summed E-state index contributed by atoms with van der Waals surface area (Å²) in [5, 5.41) is 0.398. The molecule has 1 aromatic rings. The number of ketones is 1. The first-order valence-corrected chi connectivity index (χ1v) is 4.79. The number of carbonyl (C=O) groups is 1. The van der Waals surface area contributed by atoms with Crippen molar-refractivity contribution in [3.8, 4) is 0 Å². The fourth-order valence-electron chi connectivity index (χ4n) is 1.27. The molecule has 0 aliphatic carbocycles. The number of Topliss-reactive ketones (excluding diaryl/α,β-unsaturated/α-hetero) is 1. The highest BCUT2D eigenvalue weighted by Crippen LogP contribution is 2.30. The van der Waals surface area contributed by atoms with Crippen molar-refractivity contribution in [3.63, 3.8) is 0 Å². The summed E-state index contributed by atoms with van der Waals surface area (Å²) in [4.78, 5) is 11.1. The number of benzene rings is 1. The highest BCUT2D eigenvalue weighted by molar-refractivity contribution is 7.27. The number of hydrogen-bond acceptors (Lipinski definition) is 1. The molecule has 0 bridgehead atoms. The fraction of sp³-hybridized carbons (Fsp3) is 0.300. The molecule has 5 heteroatoms. The molecule has 1 atom stereocenters. The number of alkyl halides is 3. The minimum absolute atomic E-state index is 0.120. The van der Waals surface area contributed by atoms with Crippen LogP contribution >= 0.6 is 9.24 Å². The molecule has 0 N–H and O–H groups in total. The lowest BCUT2D eigenvalue weighted by molar-refractivity contribution is -0.137. The Balaban J connectivity index is 3.43. The van der Waals surface area contributed by atoms with E-state index < -0.39 is 11.7 Å². The van der Waals surface area contributed by atoms with Crippen LogP contribution < -0.4 is 5.30 Å². The molecule has 1 rings (SSSR count). The molecule has 0 saturated carbocycles. The van der Waals surface area contributed by atoms with Crippen LogP contribution in [0.2, 0.25) is 0 Å². The Kier molecular flexibility index (Phi) is 3.19. The Hall–Kier alpha value is -0.890. The summed E-state index contributed by atoms with van der Waals surface area (Å²) in [5.74, 6) is -0.359. The van der Waals surface area contributed by atoms with Gasteiger partial charge in [0, 0.05) is 5.56 Å². The Morgan fingerprint density at radius 3 is 2.27 bits per heavy atom. The monoisotopic (exact) mass is 234 g/mol. The van der Waals surface area contributed by atoms with Crippen LogP contribution in [0.1, 0.15) is 28.4 Å². The van der Waals surface area contributed by atoms with Crippen molar-refractivity contribution < 1.29 is 18.0 Å². The quantitative estimate of drug-likeness (QED) is 0.539. The Morgan fingerprint density at radius 1 is 1.33 bits per heavy atom. The van der Waals surface area contributed by atoms with Gasteiger partial charge in [-0.05, 0) is 36.8 Å². The zero-order valence-electron chi connectivity index (χ0n) is 8.27. The van der Waals surface area contributed by atoms with E-state index in [0.29, 0.717) is 10.9 Å². The normalized spacial score (nSPS) is 11.6. The van der Waals surface area contributed by atoms with E-state index in [9.17, 15) is 18.0 Å². The van der Waals surface area contributed by atoms with Crippen LogP contribution in [0.5, 0.6) is 0 Å². The van der Waals surface area contributed by atoms with Crippen LogP contribution in [0.25, 0.3) is 0 Å². The van der Waals surface area contributed by atoms with Crippen molar-refractivity contribution in [1.82, 2.24) is 0 Å². The second-order valence-corrected chi connectivity index (χ2v) is 3.91. The molecular formula is C10H10F3OP. The first-order chi connectivity index (χ1) is 6.73. The summed E-state index contributed by atoms with van der Waals surface area (Å²) in [5.41, 5.74) is -0.0985. The van der Waals surface area contributed by atoms with Gasteiger partial charge in [-0.3, -0.25) is 4.79 Å². The molecule has 0 aliphatic rings. The van der Waals surface area contributed by atoms with Gasteiger partial charge in [0.2, 0.25) is 0 Å². The lowest BCUT2D eigenvalue weighted by Crippen LogP contribution is -2.13. The smallest absolute Gasteiger partial charge is 0.295 e. The van der Waals surface area contributed by atoms with Crippen molar-refractivity contribution in [3.05, 3.63) is 28.8 Å². The molecule has 0 spiro atoms. The van der Waals surface area contributed by atoms with Gasteiger partial charge in [0.25, 0.3) is 0 Å². The van der Waals surface area contributed by atoms with Crippen molar-refractivity contribution in [2.75, 3.05) is 0 Å². The summed E-state index contributed by atoms with van der Waals surface area (Å²) in [6, 6.07) is 1.91. The third kappa shape index (κ3) is 2.57. The fourth-order valence-corrected chi connectivity index (χ4v) is 1.60. The van der Waals surface area contributed by atoms with Crippen molar-refractivity contribution in [1.29, 1.82) is 0 Å². The van der Waals surface area contributed by atoms with Crippen molar-refractivity contribution >= 4 is 20.3 Å². The summed E-state index contributed by atoms with van der Waals surface area (Å²) in [6.45, 7) is 2.88. The summed E-state index contributed by atoms with van der Waals surface area (Å²) >= 11 is 0. The minimum Gasteiger partial charge on any atom is -0.295 e. The first-order valence-electron chi connectivity index (χ1n) is 4.21. The lowest BCUT2D eigenvalue weighted by Gasteiger charge is -2.12. The van der Waals surface area contributed by atoms with Crippen LogP contribution in [0, 0.1) is 6.92 Å². The second kappa shape index (κ2) is 3.93. The van der Waals surface area contributed by atoms with Gasteiger partial charge in [0.1, 0.15) is 0 Å². The molecule has 0 saturated heterocycles. The molecule has 1 aromatic carbocycles. The maximum atomic E-state index is 12.4. The number of rotatable bonds is 1. The minimum atomic E-state index is -4.41. The Labute approximate surface area is 87.9 Å². The molecule has 0 aromatic heterocycles. The average molecular weight is 234 g/mol. The summed E-state index contributed by atoms with van der Waals surface area (Å²) in [7, 11) is 2.21. The van der Waals surface area contributed by atoms with Crippen LogP contribution in [0.15, 0.2) is 12.1 Å². The molecule has 82 valence electrons. The number of halogens is 3. The first kappa shape index (κ1) is 12.2. The molecule has 1 nitrogen and oxygen atoms in total. The average Bonchev–Trinajstić information content (AvgIpc) is 2.06. The van der Waals surface area contributed by atoms with E-state index in [-0.39, 0.29) is 11.3 Å². The predicted molar refractivity (Wildman–Crippen MR) is 55.5 cm³/mol. The maximum absolute atomic E-state index is 12.4. The number of hydrogen-bond donors (Lipinski definition) is 0. The van der Waals surface area contributed by atoms with Gasteiger partial charge in [-0.2, -0.15) is 13.2 Å². The predicted octanol–water partition coefficient (Wildman–Crippen LogP) is 2.72. The van der Waals surface area contributed by atoms with E-state index in [0.717, 1.165) is 12.1 Å². The molecule has 0 amide bonds. The third-order valence-electron chi connectivity index (χ3n) is 2.15. The Bertz CT molecular complexity index is 410. The van der Waals surface area contributed by atoms with Crippen LogP contribution in [-0.4, -0.2) is 5.78 Å². The van der Waals surface area contributed by atoms with Crippen LogP contribution in [0.4, 0.5) is 13.2 Å². The van der Waals surface area contributed by atoms with Gasteiger partial charge in [0.15, 0.2) is 5.78 Å². The molecule has 0 heterocycles. The highest BCUT2D eigenvalue weighted by Gasteiger charge is 2.31. The maximum Gasteiger partial charge on any atom is 0.416 e. The van der Waals surface area contributed by atoms with Gasteiger partial charge in [-0.25, -0.2) is 0 Å². The molecule has 0 radical (unpaired) electrons. The molecule has 15 heavy (non-hydrogen) atoms. The van der Waals surface area contributed by atoms with Crippen molar-refractivity contribution in [2.45, 2.75) is 20.0 Å². The van der Waals surface area contributed by atoms with Crippen LogP contribution in [0.3, 0.4) is 0 Å². The van der Waals surface area contributed by atoms with E-state index in [1.807, 2.05) is 0 Å². The van der Waals surface area contributed by atoms with Gasteiger partial charge >= 0.3 is 6.18 Å². The van der Waals surface area contributed by atoms with E-state index in [2.05, 4.69) is 9.24 Å². The molecule has 0 fully saturated rings. The summed E-state index contributed by atoms with van der Waals surface area (Å²) < 4.78 is 37.3. The second-order valence-electron chi connectivity index (χ2n) is 3.29. The van der Waals surface area contributed by atoms with E-state index in [1.54, 1.807) is 6.92 Å². The molecular weight excluding hydrogens is 224 g/mol. The largest absolute Gasteiger partial charge is 0.416 e. The molecule has 0 aliphatic heterocycles. The van der Waals surface area contributed by atoms with Gasteiger partial charge in [-0.15, -0.1) is 9.24 Å². The van der Waals surface area contributed by atoms with Gasteiger partial charge < -0.3 is 0 Å². The Morgan fingerprint density at radius 2 is 1.87 bits per heavy atom. The zero-order valence-corrected chi connectivity index (χ0v) is 9.43. The zero-order chi connectivity index (χ0) is 11.8. The van der Waals surface area contributed by atoms with E-state index in [1.165, 1.54) is 6.92 Å². The topological polar surface area (TPSA) is 17.1 Å². The number of carbonyl (C=O) groups excluding carboxylic acids is 1. The summed E-state index contributed by atoms with van der Waals surface area (Å²) in [6.07, 6.45) is -4.41. The van der Waals surface area contributed by atoms with Gasteiger partial charge in [0.05, 0.1) is 5.56 Å². The SMILES string of the molecule is CC(=O)c1cc(C(F)(F)F)cc(P)c1C.